The van der Waals surface area contributed by atoms with Gasteiger partial charge in [0.05, 0.1) is 33.4 Å². The number of aromatic nitrogens is 3. The molecule has 0 aliphatic heterocycles. The van der Waals surface area contributed by atoms with E-state index in [2.05, 4.69) is 49.8 Å². The molecule has 0 N–H and O–H groups in total. The van der Waals surface area contributed by atoms with Gasteiger partial charge in [0.25, 0.3) is 5.91 Å². The normalized spacial score (nSPS) is 11.1. The average molecular weight is 498 g/mol. The standard InChI is InChI=1S/C26H31N5OS.ClH/c1-6-29(7-2)13-14-30(26-28-24-19(4)15-18(3)16-23(24)33-26)25(32)22-17-27-31(20(22)5)21-11-9-8-10-12-21;/h8-12,15-17H,6-7,13-14H2,1-5H3;1H. The zero-order chi connectivity index (χ0) is 23.5. The van der Waals surface area contributed by atoms with Crippen molar-refractivity contribution >= 4 is 45.0 Å². The third-order valence-corrected chi connectivity index (χ3v) is 7.10. The molecule has 0 atom stereocenters. The number of aryl methyl sites for hydroxylation is 2. The molecule has 4 aromatic rings. The summed E-state index contributed by atoms with van der Waals surface area (Å²) >= 11 is 1.58. The molecule has 0 aliphatic carbocycles. The number of carbonyl (C=O) groups is 1. The minimum Gasteiger partial charge on any atom is -0.302 e. The minimum absolute atomic E-state index is 0. The van der Waals surface area contributed by atoms with E-state index in [1.54, 1.807) is 17.5 Å². The molecule has 0 bridgehead atoms. The maximum Gasteiger partial charge on any atom is 0.263 e. The molecule has 0 radical (unpaired) electrons. The number of hydrogen-bond acceptors (Lipinski definition) is 5. The van der Waals surface area contributed by atoms with Gasteiger partial charge in [-0.05, 0) is 63.2 Å². The molecular formula is C26H32ClN5OS. The van der Waals surface area contributed by atoms with Crippen molar-refractivity contribution in [3.8, 4) is 5.69 Å². The van der Waals surface area contributed by atoms with Gasteiger partial charge in [0.1, 0.15) is 0 Å². The molecule has 8 heteroatoms. The topological polar surface area (TPSA) is 54.3 Å². The first-order valence-corrected chi connectivity index (χ1v) is 12.3. The van der Waals surface area contributed by atoms with Crippen LogP contribution in [0, 0.1) is 20.8 Å². The molecule has 0 fully saturated rings. The fourth-order valence-corrected chi connectivity index (χ4v) is 5.30. The van der Waals surface area contributed by atoms with E-state index in [-0.39, 0.29) is 18.3 Å². The van der Waals surface area contributed by atoms with Gasteiger partial charge in [0, 0.05) is 13.1 Å². The van der Waals surface area contributed by atoms with Crippen LogP contribution in [0.15, 0.2) is 48.7 Å². The Morgan fingerprint density at radius 1 is 1.03 bits per heavy atom. The first-order valence-electron chi connectivity index (χ1n) is 11.4. The molecule has 2 heterocycles. The van der Waals surface area contributed by atoms with Gasteiger partial charge in [-0.3, -0.25) is 9.69 Å². The van der Waals surface area contributed by atoms with Crippen molar-refractivity contribution in [2.45, 2.75) is 34.6 Å². The molecule has 4 rings (SSSR count). The van der Waals surface area contributed by atoms with Crippen LogP contribution in [-0.4, -0.2) is 51.8 Å². The summed E-state index contributed by atoms with van der Waals surface area (Å²) in [6.07, 6.45) is 1.68. The van der Waals surface area contributed by atoms with E-state index in [0.717, 1.165) is 51.9 Å². The van der Waals surface area contributed by atoms with Crippen molar-refractivity contribution < 1.29 is 4.79 Å². The van der Waals surface area contributed by atoms with Crippen LogP contribution in [0.5, 0.6) is 0 Å². The molecule has 0 saturated heterocycles. The smallest absolute Gasteiger partial charge is 0.263 e. The average Bonchev–Trinajstić information content (AvgIpc) is 3.41. The fraction of sp³-hybridized carbons (Fsp3) is 0.346. The third kappa shape index (κ3) is 5.17. The zero-order valence-electron chi connectivity index (χ0n) is 20.4. The lowest BCUT2D eigenvalue weighted by Gasteiger charge is -2.24. The van der Waals surface area contributed by atoms with Crippen LogP contribution in [0.3, 0.4) is 0 Å². The Hall–Kier alpha value is -2.74. The monoisotopic (exact) mass is 497 g/mol. The second-order valence-corrected chi connectivity index (χ2v) is 9.31. The van der Waals surface area contributed by atoms with Crippen LogP contribution < -0.4 is 4.90 Å². The predicted molar refractivity (Wildman–Crippen MR) is 144 cm³/mol. The molecule has 2 aromatic carbocycles. The lowest BCUT2D eigenvalue weighted by Crippen LogP contribution is -2.39. The number of amides is 1. The summed E-state index contributed by atoms with van der Waals surface area (Å²) < 4.78 is 2.93. The molecule has 34 heavy (non-hydrogen) atoms. The minimum atomic E-state index is -0.0599. The van der Waals surface area contributed by atoms with E-state index in [1.807, 2.05) is 46.8 Å². The highest BCUT2D eigenvalue weighted by Crippen LogP contribution is 2.32. The van der Waals surface area contributed by atoms with Gasteiger partial charge in [-0.25, -0.2) is 9.67 Å². The Bertz CT molecular complexity index is 1260. The van der Waals surface area contributed by atoms with E-state index < -0.39 is 0 Å². The van der Waals surface area contributed by atoms with Gasteiger partial charge in [0.15, 0.2) is 5.13 Å². The molecule has 0 unspecified atom stereocenters. The Morgan fingerprint density at radius 2 is 1.74 bits per heavy atom. The Labute approximate surface area is 211 Å². The van der Waals surface area contributed by atoms with Crippen molar-refractivity contribution in [3.63, 3.8) is 0 Å². The maximum atomic E-state index is 13.8. The molecular weight excluding hydrogens is 466 g/mol. The lowest BCUT2D eigenvalue weighted by atomic mass is 10.1. The van der Waals surface area contributed by atoms with Crippen LogP contribution in [0.25, 0.3) is 15.9 Å². The number of thiazole rings is 1. The summed E-state index contributed by atoms with van der Waals surface area (Å²) in [5.41, 5.74) is 5.68. The number of likely N-dealkylation sites (N-methyl/N-ethyl adjacent to an activating group) is 1. The number of rotatable bonds is 8. The molecule has 2 aromatic heterocycles. The summed E-state index contributed by atoms with van der Waals surface area (Å²) in [7, 11) is 0. The number of carbonyl (C=O) groups excluding carboxylic acids is 1. The van der Waals surface area contributed by atoms with E-state index in [0.29, 0.717) is 12.1 Å². The van der Waals surface area contributed by atoms with Crippen molar-refractivity contribution in [2.75, 3.05) is 31.1 Å². The molecule has 6 nitrogen and oxygen atoms in total. The van der Waals surface area contributed by atoms with Gasteiger partial charge in [-0.1, -0.05) is 49.4 Å². The van der Waals surface area contributed by atoms with Crippen molar-refractivity contribution in [3.05, 3.63) is 71.0 Å². The van der Waals surface area contributed by atoms with Crippen LogP contribution in [0.2, 0.25) is 0 Å². The number of para-hydroxylation sites is 1. The number of anilines is 1. The Kier molecular flexibility index (Phi) is 8.47. The van der Waals surface area contributed by atoms with Gasteiger partial charge in [-0.15, -0.1) is 12.4 Å². The largest absolute Gasteiger partial charge is 0.302 e. The van der Waals surface area contributed by atoms with Crippen molar-refractivity contribution in [1.82, 2.24) is 19.7 Å². The predicted octanol–water partition coefficient (Wildman–Crippen LogP) is 5.82. The Morgan fingerprint density at radius 3 is 2.41 bits per heavy atom. The quantitative estimate of drug-likeness (QED) is 0.308. The maximum absolute atomic E-state index is 13.8. The number of benzene rings is 2. The van der Waals surface area contributed by atoms with Gasteiger partial charge < -0.3 is 4.90 Å². The molecule has 180 valence electrons. The van der Waals surface area contributed by atoms with Gasteiger partial charge in [-0.2, -0.15) is 5.10 Å². The van der Waals surface area contributed by atoms with Crippen LogP contribution in [0.1, 0.15) is 41.0 Å². The highest BCUT2D eigenvalue weighted by molar-refractivity contribution is 7.22. The summed E-state index contributed by atoms with van der Waals surface area (Å²) in [5, 5.41) is 5.26. The second kappa shape index (κ2) is 11.1. The van der Waals surface area contributed by atoms with Crippen LogP contribution in [-0.2, 0) is 0 Å². The lowest BCUT2D eigenvalue weighted by molar-refractivity contribution is 0.0983. The summed E-state index contributed by atoms with van der Waals surface area (Å²) in [6, 6.07) is 14.2. The van der Waals surface area contributed by atoms with Crippen LogP contribution >= 0.6 is 23.7 Å². The van der Waals surface area contributed by atoms with E-state index in [1.165, 1.54) is 5.56 Å². The first-order chi connectivity index (χ1) is 15.9. The van der Waals surface area contributed by atoms with Crippen molar-refractivity contribution in [1.29, 1.82) is 0 Å². The van der Waals surface area contributed by atoms with Gasteiger partial charge >= 0.3 is 0 Å². The van der Waals surface area contributed by atoms with E-state index in [9.17, 15) is 4.79 Å². The van der Waals surface area contributed by atoms with E-state index in [4.69, 9.17) is 4.98 Å². The first kappa shape index (κ1) is 25.9. The Balaban J connectivity index is 0.00000324. The third-order valence-electron chi connectivity index (χ3n) is 6.07. The van der Waals surface area contributed by atoms with Gasteiger partial charge in [0.2, 0.25) is 0 Å². The number of hydrogen-bond donors (Lipinski definition) is 0. The highest BCUT2D eigenvalue weighted by Gasteiger charge is 2.25. The molecule has 0 saturated carbocycles. The summed E-state index contributed by atoms with van der Waals surface area (Å²) in [6.45, 7) is 13.7. The zero-order valence-corrected chi connectivity index (χ0v) is 22.0. The van der Waals surface area contributed by atoms with E-state index >= 15 is 0 Å². The number of fused-ring (bicyclic) bond motifs is 1. The second-order valence-electron chi connectivity index (χ2n) is 8.30. The molecule has 0 aliphatic rings. The fourth-order valence-electron chi connectivity index (χ4n) is 4.13. The SMILES string of the molecule is CCN(CC)CCN(C(=O)c1cnn(-c2ccccc2)c1C)c1nc2c(C)cc(C)cc2s1.Cl. The van der Waals surface area contributed by atoms with Crippen molar-refractivity contribution in [2.24, 2.45) is 0 Å². The highest BCUT2D eigenvalue weighted by atomic mass is 35.5. The molecule has 0 spiro atoms. The number of halogens is 1. The van der Waals surface area contributed by atoms with Crippen LogP contribution in [0.4, 0.5) is 5.13 Å². The summed E-state index contributed by atoms with van der Waals surface area (Å²) in [4.78, 5) is 22.9. The molecule has 1 amide bonds. The number of nitrogens with zero attached hydrogens (tertiary/aromatic N) is 5. The summed E-state index contributed by atoms with van der Waals surface area (Å²) in [5.74, 6) is -0.0599.